The van der Waals surface area contributed by atoms with Gasteiger partial charge in [-0.25, -0.2) is 0 Å². The van der Waals surface area contributed by atoms with Crippen molar-refractivity contribution in [2.45, 2.75) is 411 Å². The van der Waals surface area contributed by atoms with Gasteiger partial charge in [0.25, 0.3) is 0 Å². The number of hydrogen-bond donors (Lipinski definition) is 3. The van der Waals surface area contributed by atoms with Crippen LogP contribution in [0.15, 0.2) is 12.2 Å². The summed E-state index contributed by atoms with van der Waals surface area (Å²) in [6.07, 6.45) is 81.2. The zero-order valence-corrected chi connectivity index (χ0v) is 51.8. The lowest BCUT2D eigenvalue weighted by Gasteiger charge is -2.22. The highest BCUT2D eigenvalue weighted by Gasteiger charge is 2.20. The molecule has 2 unspecified atom stereocenters. The molecule has 76 heavy (non-hydrogen) atoms. The van der Waals surface area contributed by atoms with Crippen LogP contribution in [0.3, 0.4) is 0 Å². The van der Waals surface area contributed by atoms with Gasteiger partial charge in [0.2, 0.25) is 5.91 Å². The van der Waals surface area contributed by atoms with E-state index < -0.39 is 12.1 Å². The monoisotopic (exact) mass is 1070 g/mol. The third-order valence-corrected chi connectivity index (χ3v) is 16.6. The van der Waals surface area contributed by atoms with Gasteiger partial charge in [0.05, 0.1) is 25.4 Å². The molecule has 0 saturated carbocycles. The van der Waals surface area contributed by atoms with Crippen LogP contribution in [-0.2, 0) is 14.3 Å². The number of allylic oxidation sites excluding steroid dienone is 2. The highest BCUT2D eigenvalue weighted by Crippen LogP contribution is 2.19. The van der Waals surface area contributed by atoms with Crippen molar-refractivity contribution in [1.82, 2.24) is 5.32 Å². The Hall–Kier alpha value is -1.40. The van der Waals surface area contributed by atoms with E-state index in [9.17, 15) is 19.8 Å². The average molecular weight is 1070 g/mol. The number of esters is 1. The van der Waals surface area contributed by atoms with E-state index in [1.807, 2.05) is 0 Å². The molecule has 0 spiro atoms. The van der Waals surface area contributed by atoms with E-state index in [0.717, 1.165) is 38.5 Å². The summed E-state index contributed by atoms with van der Waals surface area (Å²) in [4.78, 5) is 24.6. The summed E-state index contributed by atoms with van der Waals surface area (Å²) in [5, 5.41) is 23.3. The summed E-state index contributed by atoms with van der Waals surface area (Å²) in [5.74, 6) is -0.0105. The molecule has 0 heterocycles. The number of carbonyl (C=O) groups excluding carboxylic acids is 2. The number of aliphatic hydroxyl groups is 2. The number of hydrogen-bond acceptors (Lipinski definition) is 5. The maximum Gasteiger partial charge on any atom is 0.305 e. The summed E-state index contributed by atoms with van der Waals surface area (Å²) in [5.41, 5.74) is 0. The molecule has 0 aromatic rings. The second-order valence-corrected chi connectivity index (χ2v) is 24.2. The highest BCUT2D eigenvalue weighted by atomic mass is 16.5. The molecule has 0 fully saturated rings. The zero-order valence-electron chi connectivity index (χ0n) is 51.8. The van der Waals surface area contributed by atoms with Gasteiger partial charge in [-0.1, -0.05) is 347 Å². The van der Waals surface area contributed by atoms with Gasteiger partial charge in [-0.15, -0.1) is 0 Å². The van der Waals surface area contributed by atoms with Crippen LogP contribution in [0.2, 0.25) is 0 Å². The Balaban J connectivity index is 3.34. The van der Waals surface area contributed by atoms with Crippen LogP contribution in [0.25, 0.3) is 0 Å². The van der Waals surface area contributed by atoms with E-state index in [1.54, 1.807) is 0 Å². The standard InChI is InChI=1S/C70H137NO5/c1-3-5-7-9-11-13-15-17-19-36-40-44-48-52-56-60-64-70(75)76-65-61-57-53-49-45-41-37-34-32-30-28-26-24-22-20-21-23-25-27-29-31-33-35-39-43-47-51-55-59-63-69(74)71-67(66-72)68(73)62-58-54-50-46-42-38-18-16-14-12-10-8-6-4-2/h20,22,67-68,72-73H,3-19,21,23-66H2,1-2H3,(H,71,74)/b22-20-. The molecule has 2 atom stereocenters. The summed E-state index contributed by atoms with van der Waals surface area (Å²) in [7, 11) is 0. The minimum Gasteiger partial charge on any atom is -0.466 e. The third-order valence-electron chi connectivity index (χ3n) is 16.6. The van der Waals surface area contributed by atoms with Crippen molar-refractivity contribution in [3.05, 3.63) is 12.2 Å². The van der Waals surface area contributed by atoms with Gasteiger partial charge in [-0.2, -0.15) is 0 Å². The number of aliphatic hydroxyl groups excluding tert-OH is 2. The number of rotatable bonds is 66. The zero-order chi connectivity index (χ0) is 55.0. The number of carbonyl (C=O) groups is 2. The number of amides is 1. The summed E-state index contributed by atoms with van der Waals surface area (Å²) in [6, 6.07) is -0.540. The molecule has 6 nitrogen and oxygen atoms in total. The summed E-state index contributed by atoms with van der Waals surface area (Å²) >= 11 is 0. The van der Waals surface area contributed by atoms with Crippen LogP contribution in [0.5, 0.6) is 0 Å². The molecule has 6 heteroatoms. The molecular formula is C70H137NO5. The topological polar surface area (TPSA) is 95.9 Å². The van der Waals surface area contributed by atoms with Crippen LogP contribution in [0.1, 0.15) is 399 Å². The first-order valence-corrected chi connectivity index (χ1v) is 34.9. The van der Waals surface area contributed by atoms with Crippen molar-refractivity contribution in [1.29, 1.82) is 0 Å². The Bertz CT molecular complexity index is 1140. The number of ether oxygens (including phenoxy) is 1. The molecule has 0 aromatic heterocycles. The van der Waals surface area contributed by atoms with E-state index >= 15 is 0 Å². The minimum absolute atomic E-state index is 0.0209. The smallest absolute Gasteiger partial charge is 0.305 e. The van der Waals surface area contributed by atoms with Gasteiger partial charge in [-0.05, 0) is 51.4 Å². The highest BCUT2D eigenvalue weighted by molar-refractivity contribution is 5.76. The van der Waals surface area contributed by atoms with Gasteiger partial charge < -0.3 is 20.3 Å². The molecule has 0 saturated heterocycles. The first-order chi connectivity index (χ1) is 37.5. The van der Waals surface area contributed by atoms with Gasteiger partial charge in [0.1, 0.15) is 0 Å². The fourth-order valence-electron chi connectivity index (χ4n) is 11.2. The predicted octanol–water partition coefficient (Wildman–Crippen LogP) is 22.4. The van der Waals surface area contributed by atoms with Gasteiger partial charge in [-0.3, -0.25) is 9.59 Å². The van der Waals surface area contributed by atoms with E-state index in [0.29, 0.717) is 25.9 Å². The lowest BCUT2D eigenvalue weighted by molar-refractivity contribution is -0.143. The quantitative estimate of drug-likeness (QED) is 0.0320. The van der Waals surface area contributed by atoms with Crippen molar-refractivity contribution in [2.75, 3.05) is 13.2 Å². The van der Waals surface area contributed by atoms with Crippen molar-refractivity contribution >= 4 is 11.9 Å². The summed E-state index contributed by atoms with van der Waals surface area (Å²) in [6.45, 7) is 4.99. The first-order valence-electron chi connectivity index (χ1n) is 34.9. The second-order valence-electron chi connectivity index (χ2n) is 24.2. The van der Waals surface area contributed by atoms with Crippen LogP contribution in [0, 0.1) is 0 Å². The lowest BCUT2D eigenvalue weighted by Crippen LogP contribution is -2.45. The third kappa shape index (κ3) is 61.8. The number of unbranched alkanes of at least 4 members (excludes halogenated alkanes) is 53. The van der Waals surface area contributed by atoms with Gasteiger partial charge in [0, 0.05) is 12.8 Å². The van der Waals surface area contributed by atoms with Crippen molar-refractivity contribution in [2.24, 2.45) is 0 Å². The largest absolute Gasteiger partial charge is 0.466 e. The molecule has 0 radical (unpaired) electrons. The molecule has 452 valence electrons. The van der Waals surface area contributed by atoms with Crippen molar-refractivity contribution in [3.63, 3.8) is 0 Å². The van der Waals surface area contributed by atoms with Crippen LogP contribution in [-0.4, -0.2) is 47.4 Å². The lowest BCUT2D eigenvalue weighted by atomic mass is 10.0. The Labute approximate surface area is 476 Å². The van der Waals surface area contributed by atoms with E-state index in [4.69, 9.17) is 4.74 Å². The van der Waals surface area contributed by atoms with Gasteiger partial charge in [0.15, 0.2) is 0 Å². The Kier molecular flexibility index (Phi) is 64.9. The molecule has 3 N–H and O–H groups in total. The Morgan fingerprint density at radius 2 is 0.618 bits per heavy atom. The second kappa shape index (κ2) is 66.1. The Morgan fingerprint density at radius 1 is 0.355 bits per heavy atom. The maximum atomic E-state index is 12.5. The molecular weight excluding hydrogens is 935 g/mol. The van der Waals surface area contributed by atoms with Crippen molar-refractivity contribution in [3.8, 4) is 0 Å². The molecule has 0 aliphatic carbocycles. The average Bonchev–Trinajstić information content (AvgIpc) is 3.42. The fraction of sp³-hybridized carbons (Fsp3) is 0.943. The SMILES string of the molecule is CCCCCCCCCCCCCCCCCCC(=O)OCCCCCCCCCCCCCC/C=C\CCCCCCCCCCCCCCCC(=O)NC(CO)C(O)CCCCCCCCCCCCCCCC. The molecule has 0 aliphatic rings. The normalized spacial score (nSPS) is 12.5. The number of nitrogens with one attached hydrogen (secondary N) is 1. The van der Waals surface area contributed by atoms with E-state index in [1.165, 1.54) is 327 Å². The van der Waals surface area contributed by atoms with Crippen LogP contribution in [0.4, 0.5) is 0 Å². The van der Waals surface area contributed by atoms with E-state index in [-0.39, 0.29) is 18.5 Å². The molecule has 0 aliphatic heterocycles. The van der Waals surface area contributed by atoms with Crippen molar-refractivity contribution < 1.29 is 24.5 Å². The predicted molar refractivity (Wildman–Crippen MR) is 333 cm³/mol. The Morgan fingerprint density at radius 3 is 0.934 bits per heavy atom. The van der Waals surface area contributed by atoms with Crippen LogP contribution < -0.4 is 5.32 Å². The van der Waals surface area contributed by atoms with Crippen LogP contribution >= 0.6 is 0 Å². The van der Waals surface area contributed by atoms with E-state index in [2.05, 4.69) is 31.3 Å². The minimum atomic E-state index is -0.662. The molecule has 0 bridgehead atoms. The fourth-order valence-corrected chi connectivity index (χ4v) is 11.2. The molecule has 0 aromatic carbocycles. The van der Waals surface area contributed by atoms with Gasteiger partial charge >= 0.3 is 5.97 Å². The first kappa shape index (κ1) is 74.6. The molecule has 0 rings (SSSR count). The maximum absolute atomic E-state index is 12.5. The molecule has 1 amide bonds. The summed E-state index contributed by atoms with van der Waals surface area (Å²) < 4.78 is 5.50.